The first-order valence-corrected chi connectivity index (χ1v) is 21.9. The first kappa shape index (κ1) is 48.9. The first-order valence-electron chi connectivity index (χ1n) is 21.9. The number of unbranched alkanes of at least 4 members (excludes halogenated alkanes) is 24. The SMILES string of the molecule is CCCCCCCC/C=C\CCCCCC(=O)NC(COC1OC(CO)C(O)C(O)C1O)C(O)CCCCCCCCCCCCCCCCCC. The molecule has 0 saturated carbocycles. The highest BCUT2D eigenvalue weighted by molar-refractivity contribution is 5.76. The van der Waals surface area contributed by atoms with Gasteiger partial charge in [-0.3, -0.25) is 4.79 Å². The zero-order chi connectivity index (χ0) is 38.1. The third-order valence-electron chi connectivity index (χ3n) is 10.6. The normalized spacial score (nSPS) is 21.9. The Morgan fingerprint density at radius 3 is 1.56 bits per heavy atom. The second-order valence-corrected chi connectivity index (χ2v) is 15.5. The molecular formula is C43H83NO8. The van der Waals surface area contributed by atoms with Crippen LogP contribution in [0.4, 0.5) is 0 Å². The molecule has 1 amide bonds. The Morgan fingerprint density at radius 2 is 1.08 bits per heavy atom. The van der Waals surface area contributed by atoms with Crippen LogP contribution in [0.5, 0.6) is 0 Å². The molecule has 6 N–H and O–H groups in total. The maximum absolute atomic E-state index is 12.9. The van der Waals surface area contributed by atoms with Crippen LogP contribution < -0.4 is 5.32 Å². The van der Waals surface area contributed by atoms with Gasteiger partial charge in [-0.1, -0.05) is 167 Å². The van der Waals surface area contributed by atoms with E-state index in [1.165, 1.54) is 122 Å². The van der Waals surface area contributed by atoms with Gasteiger partial charge in [0.2, 0.25) is 5.91 Å². The summed E-state index contributed by atoms with van der Waals surface area (Å²) in [7, 11) is 0. The summed E-state index contributed by atoms with van der Waals surface area (Å²) in [6.45, 7) is 3.81. The number of rotatable bonds is 36. The van der Waals surface area contributed by atoms with Gasteiger partial charge in [-0.15, -0.1) is 0 Å². The molecule has 52 heavy (non-hydrogen) atoms. The summed E-state index contributed by atoms with van der Waals surface area (Å²) in [4.78, 5) is 12.9. The summed E-state index contributed by atoms with van der Waals surface area (Å²) in [5.41, 5.74) is 0. The van der Waals surface area contributed by atoms with E-state index in [0.29, 0.717) is 12.8 Å². The van der Waals surface area contributed by atoms with Gasteiger partial charge >= 0.3 is 0 Å². The zero-order valence-electron chi connectivity index (χ0n) is 33.6. The lowest BCUT2D eigenvalue weighted by atomic mass is 9.99. The summed E-state index contributed by atoms with van der Waals surface area (Å²) in [5.74, 6) is -0.160. The van der Waals surface area contributed by atoms with Crippen molar-refractivity contribution in [1.29, 1.82) is 0 Å². The van der Waals surface area contributed by atoms with Crippen LogP contribution in [-0.2, 0) is 14.3 Å². The number of amides is 1. The number of hydrogen-bond acceptors (Lipinski definition) is 8. The Morgan fingerprint density at radius 1 is 0.635 bits per heavy atom. The standard InChI is InChI=1S/C43H83NO8/c1-3-5-7-9-11-13-15-17-18-19-21-22-24-26-28-30-32-37(46)36(35-51-43-42(50)41(49)40(48)38(34-45)52-43)44-39(47)33-31-29-27-25-23-20-16-14-12-10-8-6-4-2/h20,23,36-38,40-43,45-46,48-50H,3-19,21-22,24-35H2,1-2H3,(H,44,47)/b23-20-. The highest BCUT2D eigenvalue weighted by atomic mass is 16.7. The van der Waals surface area contributed by atoms with Gasteiger partial charge in [0.25, 0.3) is 0 Å². The van der Waals surface area contributed by atoms with Gasteiger partial charge in [0, 0.05) is 6.42 Å². The number of carbonyl (C=O) groups excluding carboxylic acids is 1. The molecule has 0 bridgehead atoms. The molecule has 9 nitrogen and oxygen atoms in total. The number of ether oxygens (including phenoxy) is 2. The molecule has 0 spiro atoms. The van der Waals surface area contributed by atoms with Crippen LogP contribution in [0.2, 0.25) is 0 Å². The Hall–Kier alpha value is -1.07. The van der Waals surface area contributed by atoms with Crippen molar-refractivity contribution < 1.29 is 39.8 Å². The molecule has 1 aliphatic rings. The van der Waals surface area contributed by atoms with Crippen LogP contribution >= 0.6 is 0 Å². The largest absolute Gasteiger partial charge is 0.394 e. The maximum Gasteiger partial charge on any atom is 0.220 e. The van der Waals surface area contributed by atoms with Gasteiger partial charge in [0.05, 0.1) is 25.4 Å². The van der Waals surface area contributed by atoms with Crippen molar-refractivity contribution in [3.05, 3.63) is 12.2 Å². The van der Waals surface area contributed by atoms with E-state index in [4.69, 9.17) is 9.47 Å². The molecule has 1 heterocycles. The Labute approximate surface area is 318 Å². The predicted molar refractivity (Wildman–Crippen MR) is 212 cm³/mol. The minimum absolute atomic E-state index is 0.141. The fourth-order valence-corrected chi connectivity index (χ4v) is 7.04. The lowest BCUT2D eigenvalue weighted by Gasteiger charge is -2.40. The zero-order valence-corrected chi connectivity index (χ0v) is 33.6. The van der Waals surface area contributed by atoms with E-state index in [0.717, 1.165) is 51.4 Å². The summed E-state index contributed by atoms with van der Waals surface area (Å²) in [5, 5.41) is 54.2. The average molecular weight is 742 g/mol. The second kappa shape index (κ2) is 34.4. The van der Waals surface area contributed by atoms with Gasteiger partial charge in [-0.05, 0) is 38.5 Å². The minimum atomic E-state index is -1.55. The molecule has 308 valence electrons. The predicted octanol–water partition coefficient (Wildman–Crippen LogP) is 8.56. The monoisotopic (exact) mass is 742 g/mol. The van der Waals surface area contributed by atoms with E-state index in [2.05, 4.69) is 31.3 Å². The Balaban J connectivity index is 2.36. The first-order chi connectivity index (χ1) is 25.3. The van der Waals surface area contributed by atoms with Crippen molar-refractivity contribution in [2.45, 2.75) is 243 Å². The topological polar surface area (TPSA) is 149 Å². The van der Waals surface area contributed by atoms with Crippen LogP contribution in [0.25, 0.3) is 0 Å². The lowest BCUT2D eigenvalue weighted by Crippen LogP contribution is -2.60. The van der Waals surface area contributed by atoms with E-state index in [1.807, 2.05) is 0 Å². The van der Waals surface area contributed by atoms with Crippen LogP contribution in [0.15, 0.2) is 12.2 Å². The molecule has 1 rings (SSSR count). The van der Waals surface area contributed by atoms with Crippen molar-refractivity contribution in [2.75, 3.05) is 13.2 Å². The van der Waals surface area contributed by atoms with Gasteiger partial charge in [-0.2, -0.15) is 0 Å². The van der Waals surface area contributed by atoms with Crippen LogP contribution in [0.3, 0.4) is 0 Å². The van der Waals surface area contributed by atoms with E-state index in [9.17, 15) is 30.3 Å². The molecular weight excluding hydrogens is 658 g/mol. The van der Waals surface area contributed by atoms with Crippen LogP contribution in [0, 0.1) is 0 Å². The van der Waals surface area contributed by atoms with Gasteiger partial charge in [0.1, 0.15) is 24.4 Å². The molecule has 7 atom stereocenters. The second-order valence-electron chi connectivity index (χ2n) is 15.5. The summed E-state index contributed by atoms with van der Waals surface area (Å²) < 4.78 is 11.2. The number of hydrogen-bond donors (Lipinski definition) is 6. The van der Waals surface area contributed by atoms with Crippen molar-refractivity contribution >= 4 is 5.91 Å². The van der Waals surface area contributed by atoms with Crippen molar-refractivity contribution in [3.8, 4) is 0 Å². The maximum atomic E-state index is 12.9. The summed E-state index contributed by atoms with van der Waals surface area (Å²) in [6.07, 6.45) is 30.7. The minimum Gasteiger partial charge on any atom is -0.394 e. The van der Waals surface area contributed by atoms with Gasteiger partial charge in [-0.25, -0.2) is 0 Å². The number of aliphatic hydroxyl groups is 5. The number of allylic oxidation sites excluding steroid dienone is 2. The molecule has 9 heteroatoms. The molecule has 7 unspecified atom stereocenters. The number of nitrogens with one attached hydrogen (secondary N) is 1. The molecule has 0 radical (unpaired) electrons. The smallest absolute Gasteiger partial charge is 0.220 e. The molecule has 0 aromatic rings. The highest BCUT2D eigenvalue weighted by Crippen LogP contribution is 2.23. The Kier molecular flexibility index (Phi) is 32.4. The van der Waals surface area contributed by atoms with E-state index >= 15 is 0 Å². The molecule has 0 aromatic carbocycles. The third kappa shape index (κ3) is 25.1. The van der Waals surface area contributed by atoms with Crippen molar-refractivity contribution in [1.82, 2.24) is 5.32 Å². The Bertz CT molecular complexity index is 827. The van der Waals surface area contributed by atoms with E-state index in [1.54, 1.807) is 0 Å². The summed E-state index contributed by atoms with van der Waals surface area (Å²) >= 11 is 0. The lowest BCUT2D eigenvalue weighted by molar-refractivity contribution is -0.302. The van der Waals surface area contributed by atoms with E-state index in [-0.39, 0.29) is 12.5 Å². The molecule has 1 aliphatic heterocycles. The third-order valence-corrected chi connectivity index (χ3v) is 10.6. The van der Waals surface area contributed by atoms with E-state index < -0.39 is 49.5 Å². The molecule has 1 saturated heterocycles. The average Bonchev–Trinajstić information content (AvgIpc) is 3.14. The number of carbonyl (C=O) groups is 1. The van der Waals surface area contributed by atoms with Crippen LogP contribution in [0.1, 0.15) is 200 Å². The van der Waals surface area contributed by atoms with Gasteiger partial charge in [0.15, 0.2) is 6.29 Å². The van der Waals surface area contributed by atoms with Crippen molar-refractivity contribution in [2.24, 2.45) is 0 Å². The molecule has 1 fully saturated rings. The molecule has 0 aromatic heterocycles. The quantitative estimate of drug-likeness (QED) is 0.0277. The highest BCUT2D eigenvalue weighted by Gasteiger charge is 2.44. The number of aliphatic hydroxyl groups excluding tert-OH is 5. The fraction of sp³-hybridized carbons (Fsp3) is 0.930. The molecule has 0 aliphatic carbocycles. The fourth-order valence-electron chi connectivity index (χ4n) is 7.04. The van der Waals surface area contributed by atoms with Gasteiger partial charge < -0.3 is 40.3 Å². The van der Waals surface area contributed by atoms with Crippen LogP contribution in [-0.4, -0.2) is 87.5 Å². The van der Waals surface area contributed by atoms with Crippen molar-refractivity contribution in [3.63, 3.8) is 0 Å². The summed E-state index contributed by atoms with van der Waals surface area (Å²) in [6, 6.07) is -0.721.